The fraction of sp³-hybridized carbons (Fsp3) is 0.467. The van der Waals surface area contributed by atoms with E-state index < -0.39 is 23.6 Å². The Hall–Kier alpha value is -2.05. The number of hydrogen-bond acceptors (Lipinski definition) is 2. The minimum Gasteiger partial charge on any atom is -0.356 e. The molecule has 0 aromatic heterocycles. The Morgan fingerprint density at radius 1 is 1.23 bits per heavy atom. The molecule has 2 unspecified atom stereocenters. The van der Waals surface area contributed by atoms with Crippen molar-refractivity contribution in [3.05, 3.63) is 29.8 Å². The van der Waals surface area contributed by atoms with Crippen molar-refractivity contribution in [2.24, 2.45) is 11.8 Å². The van der Waals surface area contributed by atoms with Gasteiger partial charge in [0, 0.05) is 12.2 Å². The Morgan fingerprint density at radius 2 is 1.91 bits per heavy atom. The van der Waals surface area contributed by atoms with Crippen molar-refractivity contribution in [1.82, 2.24) is 5.32 Å². The van der Waals surface area contributed by atoms with Crippen LogP contribution in [0.25, 0.3) is 0 Å². The molecule has 2 atom stereocenters. The van der Waals surface area contributed by atoms with Crippen LogP contribution < -0.4 is 10.6 Å². The largest absolute Gasteiger partial charge is 0.416 e. The molecule has 0 heterocycles. The highest BCUT2D eigenvalue weighted by Gasteiger charge is 2.47. The standard InChI is InChI=1S/C15H17F3N2O2/c1-2-6-19-13(21)11-8-12(11)14(22)20-10-5-3-4-9(7-10)15(16,17)18/h3-5,7,11-12H,2,6,8H2,1H3,(H,19,21)(H,20,22). The molecule has 2 amide bonds. The minimum absolute atomic E-state index is 0.0828. The van der Waals surface area contributed by atoms with Gasteiger partial charge in [-0.05, 0) is 31.0 Å². The van der Waals surface area contributed by atoms with Gasteiger partial charge in [0.15, 0.2) is 0 Å². The summed E-state index contributed by atoms with van der Waals surface area (Å²) < 4.78 is 37.8. The molecule has 1 aromatic carbocycles. The molecule has 1 aliphatic carbocycles. The topological polar surface area (TPSA) is 58.2 Å². The van der Waals surface area contributed by atoms with Crippen LogP contribution in [0.3, 0.4) is 0 Å². The number of rotatable bonds is 5. The van der Waals surface area contributed by atoms with Gasteiger partial charge in [-0.2, -0.15) is 13.2 Å². The normalized spacial score (nSPS) is 20.4. The third-order valence-electron chi connectivity index (χ3n) is 3.47. The summed E-state index contributed by atoms with van der Waals surface area (Å²) in [4.78, 5) is 23.6. The van der Waals surface area contributed by atoms with Gasteiger partial charge in [-0.3, -0.25) is 9.59 Å². The lowest BCUT2D eigenvalue weighted by molar-refractivity contribution is -0.137. The highest BCUT2D eigenvalue weighted by atomic mass is 19.4. The Bertz CT molecular complexity index is 572. The third kappa shape index (κ3) is 3.99. The van der Waals surface area contributed by atoms with E-state index in [2.05, 4.69) is 10.6 Å². The number of alkyl halides is 3. The SMILES string of the molecule is CCCNC(=O)C1CC1C(=O)Nc1cccc(C(F)(F)F)c1. The van der Waals surface area contributed by atoms with Gasteiger partial charge in [0.05, 0.1) is 17.4 Å². The zero-order chi connectivity index (χ0) is 16.3. The molecule has 1 aromatic rings. The zero-order valence-corrected chi connectivity index (χ0v) is 12.0. The molecule has 0 radical (unpaired) electrons. The van der Waals surface area contributed by atoms with E-state index in [0.29, 0.717) is 13.0 Å². The molecule has 0 spiro atoms. The average molecular weight is 314 g/mol. The first-order valence-corrected chi connectivity index (χ1v) is 7.08. The number of carbonyl (C=O) groups excluding carboxylic acids is 2. The minimum atomic E-state index is -4.46. The van der Waals surface area contributed by atoms with E-state index in [1.807, 2.05) is 6.92 Å². The van der Waals surface area contributed by atoms with Crippen LogP contribution in [0.2, 0.25) is 0 Å². The molecule has 0 bridgehead atoms. The number of carbonyl (C=O) groups is 2. The molecule has 1 fully saturated rings. The summed E-state index contributed by atoms with van der Waals surface area (Å²) in [6, 6.07) is 4.44. The summed E-state index contributed by atoms with van der Waals surface area (Å²) in [7, 11) is 0. The van der Waals surface area contributed by atoms with Gasteiger partial charge < -0.3 is 10.6 Å². The Balaban J connectivity index is 1.93. The van der Waals surface area contributed by atoms with E-state index in [4.69, 9.17) is 0 Å². The van der Waals surface area contributed by atoms with E-state index in [1.54, 1.807) is 0 Å². The lowest BCUT2D eigenvalue weighted by atomic mass is 10.2. The molecule has 22 heavy (non-hydrogen) atoms. The molecule has 1 aliphatic rings. The van der Waals surface area contributed by atoms with Crippen LogP contribution in [-0.4, -0.2) is 18.4 Å². The number of benzene rings is 1. The third-order valence-corrected chi connectivity index (χ3v) is 3.47. The maximum absolute atomic E-state index is 12.6. The smallest absolute Gasteiger partial charge is 0.356 e. The first-order valence-electron chi connectivity index (χ1n) is 7.08. The number of anilines is 1. The van der Waals surface area contributed by atoms with Crippen molar-refractivity contribution in [3.63, 3.8) is 0 Å². The summed E-state index contributed by atoms with van der Waals surface area (Å²) in [5.74, 6) is -1.44. The number of hydrogen-bond donors (Lipinski definition) is 2. The van der Waals surface area contributed by atoms with Crippen LogP contribution in [0.15, 0.2) is 24.3 Å². The van der Waals surface area contributed by atoms with E-state index >= 15 is 0 Å². The van der Waals surface area contributed by atoms with E-state index in [-0.39, 0.29) is 17.5 Å². The van der Waals surface area contributed by atoms with Crippen LogP contribution in [0.5, 0.6) is 0 Å². The van der Waals surface area contributed by atoms with Gasteiger partial charge in [0.1, 0.15) is 0 Å². The second-order valence-electron chi connectivity index (χ2n) is 5.31. The van der Waals surface area contributed by atoms with Crippen molar-refractivity contribution in [2.45, 2.75) is 25.9 Å². The molecule has 2 N–H and O–H groups in total. The number of amides is 2. The summed E-state index contributed by atoms with van der Waals surface area (Å²) in [6.07, 6.45) is -3.22. The predicted molar refractivity (Wildman–Crippen MR) is 75.0 cm³/mol. The summed E-state index contributed by atoms with van der Waals surface area (Å²) in [6.45, 7) is 2.47. The Labute approximate surface area is 126 Å². The van der Waals surface area contributed by atoms with Crippen molar-refractivity contribution in [1.29, 1.82) is 0 Å². The molecular weight excluding hydrogens is 297 g/mol. The van der Waals surface area contributed by atoms with Crippen LogP contribution >= 0.6 is 0 Å². The highest BCUT2D eigenvalue weighted by Crippen LogP contribution is 2.39. The van der Waals surface area contributed by atoms with Gasteiger partial charge >= 0.3 is 6.18 Å². The van der Waals surface area contributed by atoms with Crippen LogP contribution in [0.1, 0.15) is 25.3 Å². The van der Waals surface area contributed by atoms with Crippen molar-refractivity contribution in [2.75, 3.05) is 11.9 Å². The van der Waals surface area contributed by atoms with Crippen molar-refractivity contribution < 1.29 is 22.8 Å². The summed E-state index contributed by atoms with van der Waals surface area (Å²) in [5, 5.41) is 5.14. The first-order chi connectivity index (χ1) is 10.3. The molecular formula is C15H17F3N2O2. The lowest BCUT2D eigenvalue weighted by Gasteiger charge is -2.10. The second-order valence-corrected chi connectivity index (χ2v) is 5.31. The van der Waals surface area contributed by atoms with Gasteiger partial charge in [0.25, 0.3) is 0 Å². The maximum atomic E-state index is 12.6. The summed E-state index contributed by atoms with van der Waals surface area (Å²) in [5.41, 5.74) is -0.738. The second kappa shape index (κ2) is 6.37. The van der Waals surface area contributed by atoms with E-state index in [1.165, 1.54) is 12.1 Å². The first kappa shape index (κ1) is 16.3. The van der Waals surface area contributed by atoms with Gasteiger partial charge in [-0.1, -0.05) is 13.0 Å². The van der Waals surface area contributed by atoms with Crippen LogP contribution in [-0.2, 0) is 15.8 Å². The molecule has 1 saturated carbocycles. The molecule has 0 saturated heterocycles. The fourth-order valence-electron chi connectivity index (χ4n) is 2.16. The van der Waals surface area contributed by atoms with Crippen LogP contribution in [0, 0.1) is 11.8 Å². The molecule has 4 nitrogen and oxygen atoms in total. The van der Waals surface area contributed by atoms with Gasteiger partial charge in [-0.15, -0.1) is 0 Å². The van der Waals surface area contributed by atoms with Gasteiger partial charge in [0.2, 0.25) is 11.8 Å². The molecule has 2 rings (SSSR count). The molecule has 7 heteroatoms. The maximum Gasteiger partial charge on any atom is 0.416 e. The van der Waals surface area contributed by atoms with Crippen molar-refractivity contribution >= 4 is 17.5 Å². The van der Waals surface area contributed by atoms with Crippen LogP contribution in [0.4, 0.5) is 18.9 Å². The predicted octanol–water partition coefficient (Wildman–Crippen LogP) is 2.81. The quantitative estimate of drug-likeness (QED) is 0.878. The van der Waals surface area contributed by atoms with E-state index in [0.717, 1.165) is 18.6 Å². The number of nitrogens with one attached hydrogen (secondary N) is 2. The zero-order valence-electron chi connectivity index (χ0n) is 12.0. The van der Waals surface area contributed by atoms with Gasteiger partial charge in [-0.25, -0.2) is 0 Å². The lowest BCUT2D eigenvalue weighted by Crippen LogP contribution is -2.28. The fourth-order valence-corrected chi connectivity index (χ4v) is 2.16. The molecule has 120 valence electrons. The Kier molecular flexibility index (Phi) is 4.73. The highest BCUT2D eigenvalue weighted by molar-refractivity contribution is 5.99. The number of halogens is 3. The Morgan fingerprint density at radius 3 is 2.55 bits per heavy atom. The molecule has 0 aliphatic heterocycles. The average Bonchev–Trinajstić information content (AvgIpc) is 3.24. The summed E-state index contributed by atoms with van der Waals surface area (Å²) >= 11 is 0. The van der Waals surface area contributed by atoms with E-state index in [9.17, 15) is 22.8 Å². The monoisotopic (exact) mass is 314 g/mol. The van der Waals surface area contributed by atoms with Crippen molar-refractivity contribution in [3.8, 4) is 0 Å².